The van der Waals surface area contributed by atoms with E-state index in [9.17, 15) is 9.59 Å². The molecule has 6 nitrogen and oxygen atoms in total. The highest BCUT2D eigenvalue weighted by Crippen LogP contribution is 2.10. The van der Waals surface area contributed by atoms with Gasteiger partial charge >= 0.3 is 5.97 Å². The fourth-order valence-corrected chi connectivity index (χ4v) is 2.13. The molecule has 0 aliphatic rings. The molecule has 0 aliphatic heterocycles. The number of ether oxygens (including phenoxy) is 1. The lowest BCUT2D eigenvalue weighted by molar-refractivity contribution is -0.124. The third-order valence-electron chi connectivity index (χ3n) is 2.41. The summed E-state index contributed by atoms with van der Waals surface area (Å²) in [5.41, 5.74) is 0.291. The van der Waals surface area contributed by atoms with Crippen LogP contribution in [0.5, 0.6) is 0 Å². The van der Waals surface area contributed by atoms with Crippen LogP contribution in [0.25, 0.3) is 0 Å². The molecule has 1 rings (SSSR count). The van der Waals surface area contributed by atoms with E-state index >= 15 is 0 Å². The van der Waals surface area contributed by atoms with Gasteiger partial charge in [-0.25, -0.2) is 9.78 Å². The maximum absolute atomic E-state index is 11.7. The normalized spacial score (nSPS) is 11.9. The van der Waals surface area contributed by atoms with E-state index in [0.717, 1.165) is 0 Å². The van der Waals surface area contributed by atoms with Crippen LogP contribution in [0.3, 0.4) is 0 Å². The molecule has 1 aromatic heterocycles. The first-order valence-electron chi connectivity index (χ1n) is 6.12. The van der Waals surface area contributed by atoms with Gasteiger partial charge in [0.15, 0.2) is 5.69 Å². The number of carbonyl (C=O) groups excluding carboxylic acids is 2. The van der Waals surface area contributed by atoms with Crippen LogP contribution in [0, 0.1) is 5.92 Å². The maximum Gasteiger partial charge on any atom is 0.357 e. The van der Waals surface area contributed by atoms with Crippen LogP contribution in [-0.2, 0) is 16.1 Å². The number of aromatic nitrogens is 1. The number of hydrogen-bond acceptors (Lipinski definition) is 6. The Hall–Kier alpha value is -1.47. The maximum atomic E-state index is 11.7. The molecule has 0 aliphatic carbocycles. The minimum absolute atomic E-state index is 0.0396. The summed E-state index contributed by atoms with van der Waals surface area (Å²) in [5.74, 6) is -0.573. The molecule has 1 unspecified atom stereocenters. The summed E-state index contributed by atoms with van der Waals surface area (Å²) in [6, 6.07) is 0. The van der Waals surface area contributed by atoms with Crippen LogP contribution in [0.1, 0.15) is 29.3 Å². The van der Waals surface area contributed by atoms with Crippen molar-refractivity contribution in [2.75, 3.05) is 20.2 Å². The minimum atomic E-state index is -0.431. The van der Waals surface area contributed by atoms with Crippen molar-refractivity contribution < 1.29 is 14.3 Å². The summed E-state index contributed by atoms with van der Waals surface area (Å²) in [6.45, 7) is 4.87. The Labute approximate surface area is 116 Å². The molecular formula is C12H19N3O3S. The molecule has 0 saturated heterocycles. The van der Waals surface area contributed by atoms with Gasteiger partial charge in [-0.1, -0.05) is 6.92 Å². The monoisotopic (exact) mass is 285 g/mol. The SMILES string of the molecule is CCOC(=O)c1csc(CNC(=O)C(C)CNC)n1. The van der Waals surface area contributed by atoms with E-state index in [-0.39, 0.29) is 11.8 Å². The van der Waals surface area contributed by atoms with E-state index in [1.807, 2.05) is 6.92 Å². The molecule has 0 spiro atoms. The average Bonchev–Trinajstić information content (AvgIpc) is 2.85. The summed E-state index contributed by atoms with van der Waals surface area (Å²) in [4.78, 5) is 27.2. The highest BCUT2D eigenvalue weighted by atomic mass is 32.1. The van der Waals surface area contributed by atoms with Gasteiger partial charge < -0.3 is 15.4 Å². The highest BCUT2D eigenvalue weighted by Gasteiger charge is 2.14. The van der Waals surface area contributed by atoms with Gasteiger partial charge in [-0.15, -0.1) is 11.3 Å². The molecule has 19 heavy (non-hydrogen) atoms. The predicted molar refractivity (Wildman–Crippen MR) is 73.0 cm³/mol. The standard InChI is InChI=1S/C12H19N3O3S/c1-4-18-12(17)9-7-19-10(15-9)6-14-11(16)8(2)5-13-3/h7-8,13H,4-6H2,1-3H3,(H,14,16). The Bertz CT molecular complexity index is 434. The van der Waals surface area contributed by atoms with Gasteiger partial charge in [-0.3, -0.25) is 4.79 Å². The Balaban J connectivity index is 2.46. The topological polar surface area (TPSA) is 80.3 Å². The molecule has 7 heteroatoms. The Morgan fingerprint density at radius 2 is 2.26 bits per heavy atom. The second-order valence-electron chi connectivity index (χ2n) is 4.02. The fourth-order valence-electron chi connectivity index (χ4n) is 1.43. The first kappa shape index (κ1) is 15.6. The average molecular weight is 285 g/mol. The molecule has 1 heterocycles. The fraction of sp³-hybridized carbons (Fsp3) is 0.583. The third-order valence-corrected chi connectivity index (χ3v) is 3.26. The van der Waals surface area contributed by atoms with Gasteiger partial charge in [0.05, 0.1) is 13.2 Å². The first-order valence-corrected chi connectivity index (χ1v) is 7.00. The predicted octanol–water partition coefficient (Wildman–Crippen LogP) is 0.791. The first-order chi connectivity index (χ1) is 9.08. The zero-order valence-electron chi connectivity index (χ0n) is 11.4. The van der Waals surface area contributed by atoms with Gasteiger partial charge in [-0.05, 0) is 14.0 Å². The Morgan fingerprint density at radius 1 is 1.53 bits per heavy atom. The van der Waals surface area contributed by atoms with Crippen LogP contribution >= 0.6 is 11.3 Å². The summed E-state index contributed by atoms with van der Waals surface area (Å²) in [5, 5.41) is 8.05. The van der Waals surface area contributed by atoms with E-state index in [4.69, 9.17) is 4.74 Å². The van der Waals surface area contributed by atoms with Crippen LogP contribution in [0.15, 0.2) is 5.38 Å². The molecular weight excluding hydrogens is 266 g/mol. The van der Waals surface area contributed by atoms with Crippen molar-refractivity contribution in [3.63, 3.8) is 0 Å². The molecule has 2 N–H and O–H groups in total. The number of thiazole rings is 1. The molecule has 0 fully saturated rings. The summed E-state index contributed by atoms with van der Waals surface area (Å²) < 4.78 is 4.85. The molecule has 0 aromatic carbocycles. The summed E-state index contributed by atoms with van der Waals surface area (Å²) in [6.07, 6.45) is 0. The van der Waals surface area contributed by atoms with Crippen molar-refractivity contribution in [3.05, 3.63) is 16.1 Å². The zero-order valence-corrected chi connectivity index (χ0v) is 12.2. The summed E-state index contributed by atoms with van der Waals surface area (Å²) >= 11 is 1.33. The molecule has 1 amide bonds. The smallest absolute Gasteiger partial charge is 0.357 e. The number of carbonyl (C=O) groups is 2. The van der Waals surface area contributed by atoms with Crippen molar-refractivity contribution in [1.29, 1.82) is 0 Å². The van der Waals surface area contributed by atoms with Gasteiger partial charge in [0.1, 0.15) is 5.01 Å². The van der Waals surface area contributed by atoms with Gasteiger partial charge in [-0.2, -0.15) is 0 Å². The summed E-state index contributed by atoms with van der Waals surface area (Å²) in [7, 11) is 1.80. The van der Waals surface area contributed by atoms with Crippen LogP contribution in [0.4, 0.5) is 0 Å². The van der Waals surface area contributed by atoms with Crippen molar-refractivity contribution >= 4 is 23.2 Å². The Kier molecular flexibility index (Phi) is 6.44. The number of esters is 1. The van der Waals surface area contributed by atoms with Crippen LogP contribution in [-0.4, -0.2) is 37.1 Å². The lowest BCUT2D eigenvalue weighted by atomic mass is 10.1. The minimum Gasteiger partial charge on any atom is -0.461 e. The van der Waals surface area contributed by atoms with E-state index < -0.39 is 5.97 Å². The van der Waals surface area contributed by atoms with Crippen molar-refractivity contribution in [2.24, 2.45) is 5.92 Å². The lowest BCUT2D eigenvalue weighted by Gasteiger charge is -2.10. The molecule has 0 saturated carbocycles. The van der Waals surface area contributed by atoms with Gasteiger partial charge in [0, 0.05) is 17.8 Å². The third kappa shape index (κ3) is 4.96. The number of rotatable bonds is 7. The second kappa shape index (κ2) is 7.85. The van der Waals surface area contributed by atoms with Gasteiger partial charge in [0.25, 0.3) is 0 Å². The van der Waals surface area contributed by atoms with Gasteiger partial charge in [0.2, 0.25) is 5.91 Å². The van der Waals surface area contributed by atoms with E-state index in [1.54, 1.807) is 19.4 Å². The largest absolute Gasteiger partial charge is 0.461 e. The lowest BCUT2D eigenvalue weighted by Crippen LogP contribution is -2.33. The highest BCUT2D eigenvalue weighted by molar-refractivity contribution is 7.09. The zero-order chi connectivity index (χ0) is 14.3. The molecule has 106 valence electrons. The number of amides is 1. The van der Waals surface area contributed by atoms with Crippen LogP contribution in [0.2, 0.25) is 0 Å². The second-order valence-corrected chi connectivity index (χ2v) is 4.97. The molecule has 0 radical (unpaired) electrons. The number of nitrogens with zero attached hydrogens (tertiary/aromatic N) is 1. The molecule has 1 aromatic rings. The van der Waals surface area contributed by atoms with E-state index in [0.29, 0.717) is 30.4 Å². The van der Waals surface area contributed by atoms with Crippen molar-refractivity contribution in [1.82, 2.24) is 15.6 Å². The molecule has 1 atom stereocenters. The van der Waals surface area contributed by atoms with E-state index in [1.165, 1.54) is 11.3 Å². The quantitative estimate of drug-likeness (QED) is 0.724. The Morgan fingerprint density at radius 3 is 2.89 bits per heavy atom. The van der Waals surface area contributed by atoms with Crippen molar-refractivity contribution in [2.45, 2.75) is 20.4 Å². The number of nitrogens with one attached hydrogen (secondary N) is 2. The molecule has 0 bridgehead atoms. The van der Waals surface area contributed by atoms with E-state index in [2.05, 4.69) is 15.6 Å². The van der Waals surface area contributed by atoms with Crippen LogP contribution < -0.4 is 10.6 Å². The van der Waals surface area contributed by atoms with Crippen molar-refractivity contribution in [3.8, 4) is 0 Å². The number of hydrogen-bond donors (Lipinski definition) is 2.